The SMILES string of the molecule is C/C=C/CCCCCCCCCCCCCCC[N+](C(CC)C(=O)O)(C(CC)C(=O)O)C(CC)C(=O)O. The molecule has 7 nitrogen and oxygen atoms in total. The molecule has 0 aliphatic heterocycles. The molecule has 3 unspecified atom stereocenters. The van der Waals surface area contributed by atoms with Gasteiger partial charge in [0.25, 0.3) is 0 Å². The third kappa shape index (κ3) is 12.5. The van der Waals surface area contributed by atoms with Gasteiger partial charge in [0, 0.05) is 19.3 Å². The van der Waals surface area contributed by atoms with Crippen molar-refractivity contribution in [2.24, 2.45) is 0 Å². The standard InChI is InChI=1S/C30H55NO6/c1-5-9-10-11-12-13-14-15-16-17-18-19-20-21-22-23-24-31(25(6-2)28(32)33,26(7-3)29(34)35)27(8-4)30(36)37/h5,9,25-27H,6-8,10-24H2,1-4H3,(H2-,32,33,34,35,36,37)/p+1/b9-5+. The van der Waals surface area contributed by atoms with Gasteiger partial charge in [-0.25, -0.2) is 14.4 Å². The number of nitrogens with zero attached hydrogens (tertiary/aromatic N) is 1. The molecule has 216 valence electrons. The average Bonchev–Trinajstić information content (AvgIpc) is 2.84. The van der Waals surface area contributed by atoms with E-state index in [9.17, 15) is 29.7 Å². The van der Waals surface area contributed by atoms with Crippen molar-refractivity contribution in [2.75, 3.05) is 6.54 Å². The summed E-state index contributed by atoms with van der Waals surface area (Å²) in [7, 11) is 0. The number of hydrogen-bond donors (Lipinski definition) is 3. The first-order valence-corrected chi connectivity index (χ1v) is 14.9. The van der Waals surface area contributed by atoms with Gasteiger partial charge in [0.1, 0.15) is 0 Å². The summed E-state index contributed by atoms with van der Waals surface area (Å²) in [6.07, 6.45) is 21.3. The van der Waals surface area contributed by atoms with Crippen LogP contribution in [-0.4, -0.2) is 62.4 Å². The summed E-state index contributed by atoms with van der Waals surface area (Å²) in [4.78, 5) is 36.7. The quantitative estimate of drug-likeness (QED) is 0.0648. The fourth-order valence-electron chi connectivity index (χ4n) is 6.04. The monoisotopic (exact) mass is 526 g/mol. The molecule has 0 spiro atoms. The Morgan fingerprint density at radius 3 is 1.14 bits per heavy atom. The van der Waals surface area contributed by atoms with Crippen LogP contribution in [0, 0.1) is 0 Å². The molecule has 0 amide bonds. The van der Waals surface area contributed by atoms with Crippen LogP contribution in [0.25, 0.3) is 0 Å². The molecule has 0 fully saturated rings. The number of carboxylic acids is 3. The molecule has 0 saturated carbocycles. The summed E-state index contributed by atoms with van der Waals surface area (Å²) in [6, 6.07) is -3.18. The number of hydrogen-bond acceptors (Lipinski definition) is 3. The number of unbranched alkanes of at least 4 members (excludes halogenated alkanes) is 13. The van der Waals surface area contributed by atoms with Crippen molar-refractivity contribution >= 4 is 17.9 Å². The van der Waals surface area contributed by atoms with Gasteiger partial charge in [0.05, 0.1) is 6.54 Å². The summed E-state index contributed by atoms with van der Waals surface area (Å²) in [5, 5.41) is 30.0. The molecule has 0 aliphatic rings. The third-order valence-electron chi connectivity index (χ3n) is 7.91. The van der Waals surface area contributed by atoms with Gasteiger partial charge in [-0.15, -0.1) is 0 Å². The molecule has 3 N–H and O–H groups in total. The van der Waals surface area contributed by atoms with Crippen molar-refractivity contribution in [1.82, 2.24) is 0 Å². The number of allylic oxidation sites excluding steroid dienone is 2. The lowest BCUT2D eigenvalue weighted by Gasteiger charge is -2.49. The van der Waals surface area contributed by atoms with Gasteiger partial charge < -0.3 is 15.3 Å². The van der Waals surface area contributed by atoms with Gasteiger partial charge in [-0.2, -0.15) is 0 Å². The van der Waals surface area contributed by atoms with E-state index in [1.54, 1.807) is 20.8 Å². The smallest absolute Gasteiger partial charge is 0.362 e. The van der Waals surface area contributed by atoms with Crippen molar-refractivity contribution in [3.63, 3.8) is 0 Å². The van der Waals surface area contributed by atoms with Gasteiger partial charge in [-0.3, -0.25) is 4.48 Å². The van der Waals surface area contributed by atoms with E-state index in [4.69, 9.17) is 0 Å². The molecule has 0 rings (SSSR count). The molecule has 0 aromatic carbocycles. The van der Waals surface area contributed by atoms with E-state index in [0.717, 1.165) is 19.3 Å². The Kier molecular flexibility index (Phi) is 20.0. The maximum absolute atomic E-state index is 12.2. The van der Waals surface area contributed by atoms with E-state index in [0.29, 0.717) is 6.42 Å². The predicted octanol–water partition coefficient (Wildman–Crippen LogP) is 7.43. The van der Waals surface area contributed by atoms with Gasteiger partial charge in [-0.05, 0) is 32.6 Å². The highest BCUT2D eigenvalue weighted by Crippen LogP contribution is 2.32. The van der Waals surface area contributed by atoms with Crippen LogP contribution in [0.15, 0.2) is 12.2 Å². The van der Waals surface area contributed by atoms with Crippen LogP contribution < -0.4 is 0 Å². The van der Waals surface area contributed by atoms with Crippen LogP contribution in [0.5, 0.6) is 0 Å². The minimum absolute atomic E-state index is 0.194. The number of rotatable bonds is 25. The highest BCUT2D eigenvalue weighted by Gasteiger charge is 2.55. The molecule has 0 saturated heterocycles. The van der Waals surface area contributed by atoms with E-state index in [1.165, 1.54) is 64.2 Å². The Bertz CT molecular complexity index is 607. The molecule has 0 aromatic heterocycles. The zero-order valence-electron chi connectivity index (χ0n) is 24.1. The number of aliphatic carboxylic acids is 3. The lowest BCUT2D eigenvalue weighted by atomic mass is 9.93. The van der Waals surface area contributed by atoms with Crippen LogP contribution in [0.2, 0.25) is 0 Å². The lowest BCUT2D eigenvalue weighted by molar-refractivity contribution is -0.973. The Balaban J connectivity index is 4.71. The Morgan fingerprint density at radius 1 is 0.568 bits per heavy atom. The van der Waals surface area contributed by atoms with Crippen LogP contribution in [0.3, 0.4) is 0 Å². The van der Waals surface area contributed by atoms with Crippen LogP contribution >= 0.6 is 0 Å². The van der Waals surface area contributed by atoms with Gasteiger partial charge >= 0.3 is 17.9 Å². The highest BCUT2D eigenvalue weighted by atomic mass is 16.4. The van der Waals surface area contributed by atoms with Crippen LogP contribution in [0.1, 0.15) is 137 Å². The molecule has 0 aliphatic carbocycles. The summed E-state index contributed by atoms with van der Waals surface area (Å²) >= 11 is 0. The summed E-state index contributed by atoms with van der Waals surface area (Å²) in [5.41, 5.74) is 0. The topological polar surface area (TPSA) is 112 Å². The van der Waals surface area contributed by atoms with Gasteiger partial charge in [0.15, 0.2) is 18.1 Å². The maximum Gasteiger partial charge on any atom is 0.362 e. The number of carboxylic acid groups (broad SMARTS) is 3. The Hall–Kier alpha value is -1.89. The third-order valence-corrected chi connectivity index (χ3v) is 7.91. The van der Waals surface area contributed by atoms with Gasteiger partial charge in [-0.1, -0.05) is 97.1 Å². The minimum Gasteiger partial charge on any atom is -0.477 e. The van der Waals surface area contributed by atoms with E-state index < -0.39 is 40.5 Å². The summed E-state index contributed by atoms with van der Waals surface area (Å²) < 4.78 is -0.404. The second-order valence-corrected chi connectivity index (χ2v) is 10.5. The van der Waals surface area contributed by atoms with E-state index in [1.807, 2.05) is 0 Å². The fraction of sp³-hybridized carbons (Fsp3) is 0.833. The summed E-state index contributed by atoms with van der Waals surface area (Å²) in [5.74, 6) is -3.35. The zero-order chi connectivity index (χ0) is 28.1. The first-order valence-electron chi connectivity index (χ1n) is 14.9. The summed E-state index contributed by atoms with van der Waals surface area (Å²) in [6.45, 7) is 7.46. The maximum atomic E-state index is 12.2. The van der Waals surface area contributed by atoms with Crippen LogP contribution in [-0.2, 0) is 14.4 Å². The van der Waals surface area contributed by atoms with Crippen molar-refractivity contribution in [2.45, 2.75) is 155 Å². The van der Waals surface area contributed by atoms with Crippen LogP contribution in [0.4, 0.5) is 0 Å². The van der Waals surface area contributed by atoms with Crippen molar-refractivity contribution < 1.29 is 34.2 Å². The van der Waals surface area contributed by atoms with Crippen molar-refractivity contribution in [3.8, 4) is 0 Å². The molecule has 0 aromatic rings. The molecular formula is C30H56NO6+. The fourth-order valence-corrected chi connectivity index (χ4v) is 6.04. The first-order chi connectivity index (χ1) is 17.7. The second-order valence-electron chi connectivity index (χ2n) is 10.5. The molecule has 7 heteroatoms. The average molecular weight is 527 g/mol. The van der Waals surface area contributed by atoms with E-state index in [2.05, 4.69) is 19.1 Å². The molecular weight excluding hydrogens is 470 g/mol. The lowest BCUT2D eigenvalue weighted by Crippen LogP contribution is -2.72. The normalized spacial score (nSPS) is 15.8. The van der Waals surface area contributed by atoms with E-state index >= 15 is 0 Å². The second kappa shape index (κ2) is 21.1. The molecule has 3 atom stereocenters. The Labute approximate surface area is 225 Å². The number of quaternary nitrogens is 1. The highest BCUT2D eigenvalue weighted by molar-refractivity contribution is 5.78. The van der Waals surface area contributed by atoms with E-state index in [-0.39, 0.29) is 25.8 Å². The van der Waals surface area contributed by atoms with Crippen molar-refractivity contribution in [3.05, 3.63) is 12.2 Å². The first kappa shape index (κ1) is 35.1. The van der Waals surface area contributed by atoms with Crippen molar-refractivity contribution in [1.29, 1.82) is 0 Å². The molecule has 0 radical (unpaired) electrons. The Morgan fingerprint density at radius 2 is 0.865 bits per heavy atom. The predicted molar refractivity (Wildman–Crippen MR) is 150 cm³/mol. The molecule has 0 bridgehead atoms. The molecule has 0 heterocycles. The zero-order valence-corrected chi connectivity index (χ0v) is 24.1. The molecule has 37 heavy (non-hydrogen) atoms. The van der Waals surface area contributed by atoms with Gasteiger partial charge in [0.2, 0.25) is 0 Å². The minimum atomic E-state index is -1.12. The largest absolute Gasteiger partial charge is 0.477 e. The number of carbonyl (C=O) groups is 3.